The number of aliphatic hydroxyl groups excluding tert-OH is 1. The molecule has 0 radical (unpaired) electrons. The van der Waals surface area contributed by atoms with E-state index >= 15 is 0 Å². The van der Waals surface area contributed by atoms with Crippen LogP contribution >= 0.6 is 0 Å². The summed E-state index contributed by atoms with van der Waals surface area (Å²) in [6.45, 7) is 10.5. The maximum absolute atomic E-state index is 13.0. The van der Waals surface area contributed by atoms with Crippen LogP contribution in [0.4, 0.5) is 5.69 Å². The third kappa shape index (κ3) is 14.8. The van der Waals surface area contributed by atoms with Crippen molar-refractivity contribution in [1.29, 1.82) is 0 Å². The number of phenols is 1. The number of methoxy groups -OCH3 is 8. The molecule has 12 atom stereocenters. The molecule has 642 valence electrons. The van der Waals surface area contributed by atoms with E-state index in [-0.39, 0.29) is 85.6 Å². The molecule has 0 spiro atoms. The fraction of sp³-hybridized carbons (Fsp3) is 0.457. The lowest BCUT2D eigenvalue weighted by Crippen LogP contribution is -2.61. The molecule has 121 heavy (non-hydrogen) atoms. The van der Waals surface area contributed by atoms with Crippen molar-refractivity contribution in [1.82, 2.24) is 9.80 Å². The highest BCUT2D eigenvalue weighted by molar-refractivity contribution is 5.81. The van der Waals surface area contributed by atoms with Gasteiger partial charge in [-0.1, -0.05) is 32.4 Å². The summed E-state index contributed by atoms with van der Waals surface area (Å²) in [5.74, 6) is 8.20. The molecule has 0 amide bonds. The van der Waals surface area contributed by atoms with Gasteiger partial charge in [-0.15, -0.1) is 0 Å². The second-order valence-corrected chi connectivity index (χ2v) is 32.1. The predicted octanol–water partition coefficient (Wildman–Crippen LogP) is 14.0. The smallest absolute Gasteiger partial charge is 0.317 e. The lowest BCUT2D eigenvalue weighted by atomic mass is 9.66. The molecule has 29 nitrogen and oxygen atoms in total. The van der Waals surface area contributed by atoms with E-state index in [1.165, 1.54) is 90.0 Å². The second-order valence-electron chi connectivity index (χ2n) is 32.1. The Bertz CT molecular complexity index is 5130. The SMILES string of the molecule is CN(C)c1ccc(C2c3cc4c(cc3OC3(N5CCCC5)CCCCC23)OCO4)cc1.COc1cc(C2c3cc4c(cc3OC(N3CCCC3)C2C)OCO4)cc(OC)c1O.COc1cc(C2c3cc4c(cc3OC(O)C2C)OCO4)cc(OC)c1OC.COc1cc(C2c3cc4c(cc3OC3(OC)COC(=O)C23)OCO4)cc(OC)c1OC(C)=O. The van der Waals surface area contributed by atoms with E-state index in [1.807, 2.05) is 49.4 Å². The van der Waals surface area contributed by atoms with Crippen molar-refractivity contribution in [2.24, 2.45) is 23.7 Å². The van der Waals surface area contributed by atoms with E-state index in [0.29, 0.717) is 98.7 Å². The molecule has 1 aliphatic carbocycles. The third-order valence-electron chi connectivity index (χ3n) is 25.4. The summed E-state index contributed by atoms with van der Waals surface area (Å²) in [4.78, 5) is 31.8. The molecule has 3 saturated heterocycles. The number of cyclic esters (lactones) is 1. The van der Waals surface area contributed by atoms with E-state index in [1.54, 1.807) is 65.9 Å². The number of carbonyl (C=O) groups excluding carboxylic acids is 2. The van der Waals surface area contributed by atoms with E-state index in [4.69, 9.17) is 104 Å². The normalized spacial score (nSPS) is 25.4. The average molecular weight is 1670 g/mol. The molecule has 8 aromatic carbocycles. The highest BCUT2D eigenvalue weighted by atomic mass is 16.7. The number of benzene rings is 8. The molecule has 20 rings (SSSR count). The quantitative estimate of drug-likeness (QED) is 0.0671. The van der Waals surface area contributed by atoms with Gasteiger partial charge >= 0.3 is 11.9 Å². The number of nitrogens with zero attached hydrogens (tertiary/aromatic N) is 3. The van der Waals surface area contributed by atoms with Crippen molar-refractivity contribution < 1.29 is 124 Å². The number of likely N-dealkylation sites (tertiary alicyclic amines) is 2. The summed E-state index contributed by atoms with van der Waals surface area (Å²) in [5, 5.41) is 20.9. The Balaban J connectivity index is 0.000000115. The monoisotopic (exact) mass is 1670 g/mol. The number of rotatable bonds is 16. The van der Waals surface area contributed by atoms with Gasteiger partial charge < -0.3 is 119 Å². The highest BCUT2D eigenvalue weighted by Gasteiger charge is 2.62. The van der Waals surface area contributed by atoms with Crippen LogP contribution < -0.4 is 99.6 Å². The van der Waals surface area contributed by atoms with Gasteiger partial charge in [0, 0.05) is 154 Å². The van der Waals surface area contributed by atoms with Gasteiger partial charge in [0.2, 0.25) is 50.7 Å². The standard InChI is InChI=1S/C26H32N2O3.C23H27NO6.C23H22O10.C20H22O7/c1-27(2)19-10-8-18(9-11-19)25-20-15-23-24(30-17-29-23)16-22(20)31-26(28-13-5-6-14-28)12-4-3-7-21(25)26;1-13-21(14-8-19(26-2)22(25)20(9-14)27-3)15-10-17-18(29-12-28-17)11-16(15)30-23(13)24-6-4-5-7-24;1-11(24)32-21-17(26-2)5-12(6-18(21)27-3)19-13-7-15-16(31-10-30-15)8-14(13)33-23(28-4)9-29-22(25)20(19)23;1-10-18(11-5-16(22-2)19(24-4)17(6-11)23-3)12-7-14-15(26-9-25-14)8-13(12)27-20(10)21/h8-11,15-16,21,25H,3-7,12-14,17H2,1-2H3;8-11,13,21,23,25H,4-7,12H2,1-3H3;5-8,19-20H,9-10H2,1-4H3;5-8,10,18,20-21H,9H2,1-4H3. The molecule has 0 bridgehead atoms. The predicted molar refractivity (Wildman–Crippen MR) is 438 cm³/mol. The van der Waals surface area contributed by atoms with Crippen LogP contribution in [0.1, 0.15) is 140 Å². The first-order valence-corrected chi connectivity index (χ1v) is 41.0. The van der Waals surface area contributed by atoms with Crippen LogP contribution in [0.2, 0.25) is 0 Å². The highest BCUT2D eigenvalue weighted by Crippen LogP contribution is 2.61. The number of ether oxygens (including phenoxy) is 22. The summed E-state index contributed by atoms with van der Waals surface area (Å²) in [5.41, 5.74) is 8.85. The first-order chi connectivity index (χ1) is 58.7. The second kappa shape index (κ2) is 33.7. The fourth-order valence-corrected chi connectivity index (χ4v) is 19.6. The molecule has 12 aliphatic rings. The summed E-state index contributed by atoms with van der Waals surface area (Å²) in [7, 11) is 16.4. The molecule has 0 aromatic heterocycles. The van der Waals surface area contributed by atoms with Crippen LogP contribution in [-0.4, -0.2) is 187 Å². The molecular weight excluding hydrogens is 1560 g/mol. The fourth-order valence-electron chi connectivity index (χ4n) is 19.6. The summed E-state index contributed by atoms with van der Waals surface area (Å²) < 4.78 is 125. The van der Waals surface area contributed by atoms with Crippen molar-refractivity contribution in [3.8, 4) is 121 Å². The minimum Gasteiger partial charge on any atom is -0.502 e. The maximum atomic E-state index is 13.0. The minimum absolute atomic E-state index is 0.00506. The number of aliphatic hydroxyl groups is 1. The molecule has 8 aromatic rings. The first-order valence-electron chi connectivity index (χ1n) is 41.0. The maximum Gasteiger partial charge on any atom is 0.317 e. The largest absolute Gasteiger partial charge is 0.502 e. The zero-order chi connectivity index (χ0) is 84.3. The van der Waals surface area contributed by atoms with E-state index in [2.05, 4.69) is 72.1 Å². The van der Waals surface area contributed by atoms with Gasteiger partial charge in [-0.05, 0) is 134 Å². The number of esters is 2. The number of anilines is 1. The van der Waals surface area contributed by atoms with E-state index < -0.39 is 35.9 Å². The molecular formula is C92H103N3O26. The summed E-state index contributed by atoms with van der Waals surface area (Å²) in [6, 6.07) is 35.5. The first kappa shape index (κ1) is 81.7. The number of aromatic hydroxyl groups is 1. The molecule has 12 unspecified atom stereocenters. The summed E-state index contributed by atoms with van der Waals surface area (Å²) >= 11 is 0. The third-order valence-corrected chi connectivity index (χ3v) is 25.4. The lowest BCUT2D eigenvalue weighted by molar-refractivity contribution is -0.195. The van der Waals surface area contributed by atoms with Crippen LogP contribution in [0, 0.1) is 23.7 Å². The molecule has 4 fully saturated rings. The molecule has 11 heterocycles. The van der Waals surface area contributed by atoms with Gasteiger partial charge in [0.15, 0.2) is 99.1 Å². The number of carbonyl (C=O) groups is 2. The zero-order valence-electron chi connectivity index (χ0n) is 70.2. The van der Waals surface area contributed by atoms with Crippen molar-refractivity contribution >= 4 is 17.6 Å². The van der Waals surface area contributed by atoms with Crippen molar-refractivity contribution in [2.45, 2.75) is 120 Å². The topological polar surface area (TPSA) is 287 Å². The Morgan fingerprint density at radius 1 is 0.455 bits per heavy atom. The van der Waals surface area contributed by atoms with Crippen LogP contribution in [0.3, 0.4) is 0 Å². The Kier molecular flexibility index (Phi) is 22.8. The van der Waals surface area contributed by atoms with Crippen LogP contribution in [0.25, 0.3) is 0 Å². The van der Waals surface area contributed by atoms with E-state index in [0.717, 1.165) is 83.6 Å². The minimum atomic E-state index is -1.34. The van der Waals surface area contributed by atoms with Gasteiger partial charge in [-0.3, -0.25) is 19.4 Å². The number of hydrogen-bond acceptors (Lipinski definition) is 29. The molecule has 1 saturated carbocycles. The van der Waals surface area contributed by atoms with Crippen molar-refractivity contribution in [3.63, 3.8) is 0 Å². The Labute approximate surface area is 702 Å². The van der Waals surface area contributed by atoms with Gasteiger partial charge in [0.25, 0.3) is 5.79 Å². The lowest BCUT2D eigenvalue weighted by Gasteiger charge is -2.55. The average Bonchev–Trinajstić information content (AvgIpc) is 1.70. The Morgan fingerprint density at radius 3 is 1.36 bits per heavy atom. The van der Waals surface area contributed by atoms with Gasteiger partial charge in [-0.25, -0.2) is 0 Å². The zero-order valence-corrected chi connectivity index (χ0v) is 70.2. The Morgan fingerprint density at radius 2 is 0.884 bits per heavy atom. The molecule has 11 aliphatic heterocycles. The van der Waals surface area contributed by atoms with Crippen LogP contribution in [0.15, 0.2) is 109 Å². The summed E-state index contributed by atoms with van der Waals surface area (Å²) in [6.07, 6.45) is 8.73. The molecule has 2 N–H and O–H groups in total. The van der Waals surface area contributed by atoms with Gasteiger partial charge in [-0.2, -0.15) is 0 Å². The van der Waals surface area contributed by atoms with Crippen LogP contribution in [-0.2, 0) is 19.1 Å². The van der Waals surface area contributed by atoms with Crippen molar-refractivity contribution in [3.05, 3.63) is 154 Å². The van der Waals surface area contributed by atoms with Crippen LogP contribution in [0.5, 0.6) is 121 Å². The molecule has 29 heteroatoms. The number of hydrogen-bond donors (Lipinski definition) is 2. The number of fused-ring (bicyclic) bond motifs is 10. The Hall–Kier alpha value is -11.7. The van der Waals surface area contributed by atoms with Crippen molar-refractivity contribution in [2.75, 3.05) is 136 Å². The van der Waals surface area contributed by atoms with Gasteiger partial charge in [0.05, 0.1) is 49.8 Å². The van der Waals surface area contributed by atoms with Gasteiger partial charge in [0.1, 0.15) is 28.9 Å². The number of phenolic OH excluding ortho intramolecular Hbond substituents is 1. The van der Waals surface area contributed by atoms with E-state index in [9.17, 15) is 19.8 Å².